The van der Waals surface area contributed by atoms with Gasteiger partial charge in [-0.25, -0.2) is 18.8 Å². The van der Waals surface area contributed by atoms with Crippen molar-refractivity contribution < 1.29 is 28.6 Å². The molecule has 1 aromatic heterocycles. The van der Waals surface area contributed by atoms with Crippen LogP contribution in [-0.2, 0) is 0 Å². The molecular formula is C22H23FN6O6. The molecule has 0 radical (unpaired) electrons. The SMILES string of the molecule is CCCN(C(=O)n1nnn(-c2c(F)cccc2C(=O)N(C)C)c1=O)c1ccc(OC)c(C(=O)O)c1. The molecule has 0 spiro atoms. The van der Waals surface area contributed by atoms with Crippen LogP contribution in [0.25, 0.3) is 5.69 Å². The van der Waals surface area contributed by atoms with E-state index in [9.17, 15) is 28.7 Å². The third-order valence-corrected chi connectivity index (χ3v) is 5.00. The van der Waals surface area contributed by atoms with E-state index in [0.717, 1.165) is 11.0 Å². The first-order chi connectivity index (χ1) is 16.6. The number of methoxy groups -OCH3 is 1. The highest BCUT2D eigenvalue weighted by atomic mass is 19.1. The number of tetrazole rings is 1. The lowest BCUT2D eigenvalue weighted by Crippen LogP contribution is -2.42. The minimum atomic E-state index is -1.27. The van der Waals surface area contributed by atoms with Crippen LogP contribution in [0.15, 0.2) is 41.2 Å². The second-order valence-corrected chi connectivity index (χ2v) is 7.54. The second-order valence-electron chi connectivity index (χ2n) is 7.54. The predicted molar refractivity (Wildman–Crippen MR) is 122 cm³/mol. The summed E-state index contributed by atoms with van der Waals surface area (Å²) in [6, 6.07) is 6.80. The Labute approximate surface area is 198 Å². The molecule has 184 valence electrons. The van der Waals surface area contributed by atoms with E-state index in [-0.39, 0.29) is 29.1 Å². The number of carboxylic acids is 1. The van der Waals surface area contributed by atoms with E-state index in [1.54, 1.807) is 6.92 Å². The summed E-state index contributed by atoms with van der Waals surface area (Å²) in [5, 5.41) is 16.7. The van der Waals surface area contributed by atoms with Crippen LogP contribution in [0.2, 0.25) is 0 Å². The largest absolute Gasteiger partial charge is 0.496 e. The average molecular weight is 486 g/mol. The lowest BCUT2D eigenvalue weighted by atomic mass is 10.1. The number of benzene rings is 2. The van der Waals surface area contributed by atoms with Gasteiger partial charge in [-0.2, -0.15) is 4.68 Å². The van der Waals surface area contributed by atoms with Gasteiger partial charge in [0.05, 0.1) is 12.7 Å². The van der Waals surface area contributed by atoms with Crippen LogP contribution in [0.1, 0.15) is 34.1 Å². The van der Waals surface area contributed by atoms with Crippen LogP contribution in [-0.4, -0.2) is 75.5 Å². The molecule has 13 heteroatoms. The molecule has 3 rings (SSSR count). The topological polar surface area (TPSA) is 140 Å². The third-order valence-electron chi connectivity index (χ3n) is 5.00. The molecule has 12 nitrogen and oxygen atoms in total. The molecule has 0 saturated carbocycles. The first-order valence-corrected chi connectivity index (χ1v) is 10.4. The Bertz CT molecular complexity index is 1350. The zero-order chi connectivity index (χ0) is 25.9. The number of carboxylic acid groups (broad SMARTS) is 1. The van der Waals surface area contributed by atoms with E-state index in [4.69, 9.17) is 4.74 Å². The Morgan fingerprint density at radius 2 is 1.83 bits per heavy atom. The Balaban J connectivity index is 2.10. The van der Waals surface area contributed by atoms with Crippen LogP contribution in [0.4, 0.5) is 14.9 Å². The number of halogens is 1. The Morgan fingerprint density at radius 1 is 1.11 bits per heavy atom. The quantitative estimate of drug-likeness (QED) is 0.499. The molecule has 0 bridgehead atoms. The van der Waals surface area contributed by atoms with Crippen molar-refractivity contribution in [3.05, 3.63) is 63.8 Å². The summed E-state index contributed by atoms with van der Waals surface area (Å²) in [5.74, 6) is -2.68. The third kappa shape index (κ3) is 4.74. The van der Waals surface area contributed by atoms with E-state index < -0.39 is 35.1 Å². The lowest BCUT2D eigenvalue weighted by Gasteiger charge is -2.22. The predicted octanol–water partition coefficient (Wildman–Crippen LogP) is 1.86. The Morgan fingerprint density at radius 3 is 2.43 bits per heavy atom. The van der Waals surface area contributed by atoms with E-state index in [1.165, 1.54) is 56.4 Å². The van der Waals surface area contributed by atoms with Crippen molar-refractivity contribution >= 4 is 23.6 Å². The summed E-state index contributed by atoms with van der Waals surface area (Å²) in [6.07, 6.45) is 0.456. The van der Waals surface area contributed by atoms with E-state index in [0.29, 0.717) is 15.8 Å². The van der Waals surface area contributed by atoms with Gasteiger partial charge in [0, 0.05) is 26.3 Å². The summed E-state index contributed by atoms with van der Waals surface area (Å²) in [7, 11) is 4.23. The van der Waals surface area contributed by atoms with E-state index in [2.05, 4.69) is 10.4 Å². The highest BCUT2D eigenvalue weighted by molar-refractivity contribution is 5.98. The summed E-state index contributed by atoms with van der Waals surface area (Å²) >= 11 is 0. The standard InChI is InChI=1S/C22H23FN6O6/c1-5-11-27(13-9-10-17(35-4)15(12-13)20(31)32)21(33)29-22(34)28(24-25-29)18-14(19(30)26(2)3)7-6-8-16(18)23/h6-10,12H,5,11H2,1-4H3,(H,31,32). The second kappa shape index (κ2) is 10.2. The maximum atomic E-state index is 14.7. The first-order valence-electron chi connectivity index (χ1n) is 10.4. The van der Waals surface area contributed by atoms with Gasteiger partial charge in [0.1, 0.15) is 22.8 Å². The number of hydrogen-bond donors (Lipinski definition) is 1. The smallest absolute Gasteiger partial charge is 0.377 e. The number of rotatable bonds is 7. The molecule has 1 N–H and O–H groups in total. The fourth-order valence-electron chi connectivity index (χ4n) is 3.35. The lowest BCUT2D eigenvalue weighted by molar-refractivity contribution is 0.0692. The Hall–Kier alpha value is -4.55. The molecule has 0 aliphatic heterocycles. The number of ether oxygens (including phenoxy) is 1. The number of carbonyl (C=O) groups is 3. The summed E-state index contributed by atoms with van der Waals surface area (Å²) in [4.78, 5) is 52.8. The van der Waals surface area contributed by atoms with Gasteiger partial charge in [0.15, 0.2) is 0 Å². The molecule has 0 atom stereocenters. The fraction of sp³-hybridized carbons (Fsp3) is 0.273. The Kier molecular flexibility index (Phi) is 7.28. The van der Waals surface area contributed by atoms with Crippen LogP contribution in [0, 0.1) is 5.82 Å². The molecule has 2 aromatic carbocycles. The zero-order valence-electron chi connectivity index (χ0n) is 19.4. The molecule has 0 unspecified atom stereocenters. The minimum Gasteiger partial charge on any atom is -0.496 e. The molecule has 1 heterocycles. The van der Waals surface area contributed by atoms with E-state index >= 15 is 0 Å². The number of amides is 2. The van der Waals surface area contributed by atoms with Crippen molar-refractivity contribution in [1.82, 2.24) is 24.7 Å². The van der Waals surface area contributed by atoms with Gasteiger partial charge in [-0.15, -0.1) is 4.68 Å². The average Bonchev–Trinajstić information content (AvgIpc) is 3.21. The summed E-state index contributed by atoms with van der Waals surface area (Å²) in [6.45, 7) is 1.88. The minimum absolute atomic E-state index is 0.0888. The van der Waals surface area contributed by atoms with Gasteiger partial charge >= 0.3 is 17.7 Å². The van der Waals surface area contributed by atoms with Crippen molar-refractivity contribution in [2.24, 2.45) is 0 Å². The number of anilines is 1. The molecule has 0 fully saturated rings. The monoisotopic (exact) mass is 486 g/mol. The van der Waals surface area contributed by atoms with Gasteiger partial charge < -0.3 is 14.7 Å². The van der Waals surface area contributed by atoms with Crippen LogP contribution < -0.4 is 15.3 Å². The molecule has 0 aliphatic rings. The van der Waals surface area contributed by atoms with Gasteiger partial charge in [0.25, 0.3) is 5.91 Å². The van der Waals surface area contributed by atoms with Crippen LogP contribution in [0.5, 0.6) is 5.75 Å². The highest BCUT2D eigenvalue weighted by Gasteiger charge is 2.27. The zero-order valence-corrected chi connectivity index (χ0v) is 19.4. The fourth-order valence-corrected chi connectivity index (χ4v) is 3.35. The van der Waals surface area contributed by atoms with Crippen molar-refractivity contribution in [1.29, 1.82) is 0 Å². The number of aromatic nitrogens is 4. The number of para-hydroxylation sites is 1. The first kappa shape index (κ1) is 25.1. The maximum Gasteiger partial charge on any atom is 0.377 e. The van der Waals surface area contributed by atoms with Crippen LogP contribution >= 0.6 is 0 Å². The van der Waals surface area contributed by atoms with Gasteiger partial charge in [-0.1, -0.05) is 13.0 Å². The summed E-state index contributed by atoms with van der Waals surface area (Å²) in [5.41, 5.74) is -1.72. The number of aromatic carboxylic acids is 1. The number of carbonyl (C=O) groups excluding carboxylic acids is 2. The van der Waals surface area contributed by atoms with Crippen LogP contribution in [0.3, 0.4) is 0 Å². The summed E-state index contributed by atoms with van der Waals surface area (Å²) < 4.78 is 20.7. The molecular weight excluding hydrogens is 463 g/mol. The van der Waals surface area contributed by atoms with Gasteiger partial charge in [-0.3, -0.25) is 9.69 Å². The normalized spacial score (nSPS) is 10.7. The molecule has 35 heavy (non-hydrogen) atoms. The van der Waals surface area contributed by atoms with Crippen molar-refractivity contribution in [3.8, 4) is 11.4 Å². The molecule has 3 aromatic rings. The van der Waals surface area contributed by atoms with E-state index in [1.807, 2.05) is 0 Å². The molecule has 0 aliphatic carbocycles. The van der Waals surface area contributed by atoms with Crippen molar-refractivity contribution in [2.75, 3.05) is 32.6 Å². The number of hydrogen-bond acceptors (Lipinski definition) is 7. The molecule has 2 amide bonds. The number of nitrogens with zero attached hydrogens (tertiary/aromatic N) is 6. The van der Waals surface area contributed by atoms with Crippen molar-refractivity contribution in [2.45, 2.75) is 13.3 Å². The van der Waals surface area contributed by atoms with Gasteiger partial charge in [0.2, 0.25) is 0 Å². The highest BCUT2D eigenvalue weighted by Crippen LogP contribution is 2.26. The van der Waals surface area contributed by atoms with Gasteiger partial charge in [-0.05, 0) is 47.2 Å². The molecule has 0 saturated heterocycles. The van der Waals surface area contributed by atoms with Crippen molar-refractivity contribution in [3.63, 3.8) is 0 Å². The maximum absolute atomic E-state index is 14.7.